The van der Waals surface area contributed by atoms with E-state index in [1.54, 1.807) is 41.5 Å². The Morgan fingerprint density at radius 2 is 1.33 bits per heavy atom. The van der Waals surface area contributed by atoms with E-state index in [1.165, 1.54) is 0 Å². The number of ether oxygens (including phenoxy) is 3. The number of aliphatic imine (C=N–C) groups is 1. The lowest BCUT2D eigenvalue weighted by Gasteiger charge is -2.39. The standard InChI is InChI=1S/C35H47N5O8/c1-33(2,3)47-30(43)37-29(38-31(44)48-34(4,5)6)36-18-11-19-40-20-16-35(17-21-40,28(41)42)39-32(45)46-22-27-25-14-9-7-12-23(25)24-13-8-10-15-26(24)27/h7-10,12-15,27H,11,16-22H2,1-6H3,(H,39,45)(H,41,42)(H2,36,37,38,43,44). The van der Waals surface area contributed by atoms with Crippen LogP contribution in [0.2, 0.25) is 0 Å². The van der Waals surface area contributed by atoms with Gasteiger partial charge in [0.2, 0.25) is 5.96 Å². The van der Waals surface area contributed by atoms with Crippen LogP contribution in [0.25, 0.3) is 11.1 Å². The minimum Gasteiger partial charge on any atom is -0.480 e. The van der Waals surface area contributed by atoms with Crippen molar-refractivity contribution < 1.29 is 38.5 Å². The minimum atomic E-state index is -1.45. The summed E-state index contributed by atoms with van der Waals surface area (Å²) in [6, 6.07) is 16.0. The highest BCUT2D eigenvalue weighted by Gasteiger charge is 2.43. The Labute approximate surface area is 281 Å². The predicted molar refractivity (Wildman–Crippen MR) is 180 cm³/mol. The van der Waals surface area contributed by atoms with Crippen molar-refractivity contribution in [1.29, 1.82) is 0 Å². The summed E-state index contributed by atoms with van der Waals surface area (Å²) in [7, 11) is 0. The van der Waals surface area contributed by atoms with Crippen LogP contribution < -0.4 is 16.0 Å². The molecular formula is C35H47N5O8. The van der Waals surface area contributed by atoms with Crippen LogP contribution in [0.5, 0.6) is 0 Å². The van der Waals surface area contributed by atoms with Gasteiger partial charge in [0, 0.05) is 25.6 Å². The van der Waals surface area contributed by atoms with Crippen LogP contribution in [0, 0.1) is 0 Å². The van der Waals surface area contributed by atoms with Crippen molar-refractivity contribution in [3.63, 3.8) is 0 Å². The smallest absolute Gasteiger partial charge is 0.414 e. The Bertz CT molecular complexity index is 1440. The molecule has 13 heteroatoms. The second-order valence-corrected chi connectivity index (χ2v) is 14.0. The molecule has 0 saturated carbocycles. The van der Waals surface area contributed by atoms with Crippen LogP contribution >= 0.6 is 0 Å². The van der Waals surface area contributed by atoms with Gasteiger partial charge in [-0.15, -0.1) is 0 Å². The van der Waals surface area contributed by atoms with Gasteiger partial charge in [-0.3, -0.25) is 15.6 Å². The molecule has 1 fully saturated rings. The SMILES string of the molecule is CC(C)(C)OC(=O)NC(=NCCCN1CCC(NC(=O)OCC2c3ccccc3-c3ccccc32)(C(=O)O)CC1)NC(=O)OC(C)(C)C. The number of fused-ring (bicyclic) bond motifs is 3. The zero-order chi connectivity index (χ0) is 35.1. The van der Waals surface area contributed by atoms with E-state index < -0.39 is 41.0 Å². The summed E-state index contributed by atoms with van der Waals surface area (Å²) < 4.78 is 16.2. The Morgan fingerprint density at radius 3 is 1.81 bits per heavy atom. The van der Waals surface area contributed by atoms with Gasteiger partial charge in [0.25, 0.3) is 0 Å². The molecule has 3 amide bonds. The van der Waals surface area contributed by atoms with Gasteiger partial charge in [-0.1, -0.05) is 48.5 Å². The molecule has 2 aliphatic rings. The highest BCUT2D eigenvalue weighted by atomic mass is 16.6. The quantitative estimate of drug-likeness (QED) is 0.128. The molecule has 0 spiro atoms. The minimum absolute atomic E-state index is 0.0930. The van der Waals surface area contributed by atoms with E-state index in [-0.39, 0.29) is 37.9 Å². The normalized spacial score (nSPS) is 15.7. The van der Waals surface area contributed by atoms with Crippen molar-refractivity contribution in [2.45, 2.75) is 83.5 Å². The van der Waals surface area contributed by atoms with E-state index in [9.17, 15) is 24.3 Å². The van der Waals surface area contributed by atoms with Crippen molar-refractivity contribution >= 4 is 30.2 Å². The molecule has 13 nitrogen and oxygen atoms in total. The summed E-state index contributed by atoms with van der Waals surface area (Å²) in [5.74, 6) is -1.34. The summed E-state index contributed by atoms with van der Waals surface area (Å²) in [6.45, 7) is 12.1. The number of piperidine rings is 1. The van der Waals surface area contributed by atoms with E-state index in [2.05, 4.69) is 38.0 Å². The van der Waals surface area contributed by atoms with Crippen molar-refractivity contribution in [3.05, 3.63) is 59.7 Å². The van der Waals surface area contributed by atoms with E-state index in [1.807, 2.05) is 36.4 Å². The number of hydrogen-bond donors (Lipinski definition) is 4. The van der Waals surface area contributed by atoms with Gasteiger partial charge in [-0.2, -0.15) is 0 Å². The molecule has 2 aromatic carbocycles. The van der Waals surface area contributed by atoms with Gasteiger partial charge in [0.1, 0.15) is 23.3 Å². The maximum absolute atomic E-state index is 13.0. The number of alkyl carbamates (subject to hydrolysis) is 3. The van der Waals surface area contributed by atoms with Gasteiger partial charge in [0.05, 0.1) is 0 Å². The zero-order valence-electron chi connectivity index (χ0n) is 28.6. The largest absolute Gasteiger partial charge is 0.480 e. The number of carboxylic acid groups (broad SMARTS) is 1. The number of nitrogens with zero attached hydrogens (tertiary/aromatic N) is 2. The summed E-state index contributed by atoms with van der Waals surface area (Å²) in [6.07, 6.45) is -1.37. The van der Waals surface area contributed by atoms with Crippen molar-refractivity contribution in [3.8, 4) is 11.1 Å². The molecule has 0 bridgehead atoms. The Hall–Kier alpha value is -4.65. The molecule has 0 radical (unpaired) electrons. The number of guanidine groups is 1. The number of carbonyl (C=O) groups is 4. The van der Waals surface area contributed by atoms with Crippen LogP contribution in [0.1, 0.15) is 77.8 Å². The third-order valence-electron chi connectivity index (χ3n) is 7.95. The summed E-state index contributed by atoms with van der Waals surface area (Å²) in [5, 5.41) is 17.7. The number of rotatable bonds is 8. The molecule has 2 aromatic rings. The molecule has 4 N–H and O–H groups in total. The summed E-state index contributed by atoms with van der Waals surface area (Å²) in [5.41, 5.74) is 1.42. The molecule has 1 aliphatic heterocycles. The number of nitrogens with one attached hydrogen (secondary N) is 3. The molecule has 4 rings (SSSR count). The first-order valence-electron chi connectivity index (χ1n) is 16.2. The van der Waals surface area contributed by atoms with Gasteiger partial charge in [-0.05, 0) is 89.6 Å². The molecule has 1 aliphatic carbocycles. The number of carbonyl (C=O) groups excluding carboxylic acids is 3. The Balaban J connectivity index is 1.28. The molecule has 260 valence electrons. The van der Waals surface area contributed by atoms with Crippen LogP contribution in [0.3, 0.4) is 0 Å². The highest BCUT2D eigenvalue weighted by Crippen LogP contribution is 2.44. The maximum atomic E-state index is 13.0. The van der Waals surface area contributed by atoms with Crippen LogP contribution in [0.4, 0.5) is 14.4 Å². The fourth-order valence-corrected chi connectivity index (χ4v) is 5.78. The molecule has 48 heavy (non-hydrogen) atoms. The van der Waals surface area contributed by atoms with Gasteiger partial charge in [0.15, 0.2) is 0 Å². The van der Waals surface area contributed by atoms with E-state index >= 15 is 0 Å². The highest BCUT2D eigenvalue weighted by molar-refractivity contribution is 6.01. The molecule has 1 heterocycles. The first kappa shape index (κ1) is 36.2. The number of benzene rings is 2. The molecule has 0 atom stereocenters. The fourth-order valence-electron chi connectivity index (χ4n) is 5.78. The van der Waals surface area contributed by atoms with E-state index in [0.717, 1.165) is 22.3 Å². The van der Waals surface area contributed by atoms with Crippen LogP contribution in [0.15, 0.2) is 53.5 Å². The molecule has 1 saturated heterocycles. The summed E-state index contributed by atoms with van der Waals surface area (Å²) in [4.78, 5) is 56.4. The molecular weight excluding hydrogens is 618 g/mol. The first-order chi connectivity index (χ1) is 22.6. The lowest BCUT2D eigenvalue weighted by atomic mass is 9.87. The van der Waals surface area contributed by atoms with Crippen molar-refractivity contribution in [1.82, 2.24) is 20.9 Å². The molecule has 0 aromatic heterocycles. The Morgan fingerprint density at radius 1 is 0.833 bits per heavy atom. The van der Waals surface area contributed by atoms with Gasteiger partial charge < -0.3 is 29.5 Å². The van der Waals surface area contributed by atoms with Crippen molar-refractivity contribution in [2.24, 2.45) is 4.99 Å². The summed E-state index contributed by atoms with van der Waals surface area (Å²) >= 11 is 0. The maximum Gasteiger partial charge on any atom is 0.414 e. The number of carboxylic acids is 1. The average molecular weight is 666 g/mol. The third kappa shape index (κ3) is 9.93. The Kier molecular flexibility index (Phi) is 11.4. The average Bonchev–Trinajstić information content (AvgIpc) is 3.30. The fraction of sp³-hybridized carbons (Fsp3) is 0.514. The van der Waals surface area contributed by atoms with Gasteiger partial charge >= 0.3 is 24.2 Å². The topological polar surface area (TPSA) is 168 Å². The number of aliphatic carboxylic acids is 1. The van der Waals surface area contributed by atoms with Gasteiger partial charge in [-0.25, -0.2) is 19.2 Å². The monoisotopic (exact) mass is 665 g/mol. The number of likely N-dealkylation sites (tertiary alicyclic amines) is 1. The zero-order valence-corrected chi connectivity index (χ0v) is 28.6. The van der Waals surface area contributed by atoms with Crippen LogP contribution in [-0.4, -0.2) is 89.7 Å². The molecule has 0 unspecified atom stereocenters. The lowest BCUT2D eigenvalue weighted by molar-refractivity contribution is -0.146. The van der Waals surface area contributed by atoms with E-state index in [0.29, 0.717) is 26.1 Å². The third-order valence-corrected chi connectivity index (χ3v) is 7.95. The van der Waals surface area contributed by atoms with Crippen LogP contribution in [-0.2, 0) is 19.0 Å². The van der Waals surface area contributed by atoms with Crippen molar-refractivity contribution in [2.75, 3.05) is 32.8 Å². The van der Waals surface area contributed by atoms with E-state index in [4.69, 9.17) is 14.2 Å². The lowest BCUT2D eigenvalue weighted by Crippen LogP contribution is -2.60. The first-order valence-corrected chi connectivity index (χ1v) is 16.2. The predicted octanol–water partition coefficient (Wildman–Crippen LogP) is 5.24. The number of amides is 3. The number of hydrogen-bond acceptors (Lipinski definition) is 9. The second-order valence-electron chi connectivity index (χ2n) is 14.0. The second kappa shape index (κ2) is 15.1.